The second kappa shape index (κ2) is 6.74. The van der Waals surface area contributed by atoms with E-state index in [1.807, 2.05) is 6.07 Å². The van der Waals surface area contributed by atoms with Crippen LogP contribution in [0, 0.1) is 0 Å². The molecule has 7 nitrogen and oxygen atoms in total. The molecular formula is C17H21N3O4. The lowest BCUT2D eigenvalue weighted by Crippen LogP contribution is -2.45. The first-order valence-corrected chi connectivity index (χ1v) is 7.59. The third-order valence-electron chi connectivity index (χ3n) is 3.80. The zero-order valence-corrected chi connectivity index (χ0v) is 13.9. The molecule has 3 N–H and O–H groups in total. The number of fused-ring (bicyclic) bond motifs is 1. The summed E-state index contributed by atoms with van der Waals surface area (Å²) in [5.41, 5.74) is 0.492. The predicted octanol–water partition coefficient (Wildman–Crippen LogP) is 2.30. The number of aryl methyl sites for hydroxylation is 1. The van der Waals surface area contributed by atoms with Crippen LogP contribution in [0.5, 0.6) is 0 Å². The molecular weight excluding hydrogens is 310 g/mol. The highest BCUT2D eigenvalue weighted by Crippen LogP contribution is 2.18. The van der Waals surface area contributed by atoms with Crippen molar-refractivity contribution < 1.29 is 14.7 Å². The van der Waals surface area contributed by atoms with Crippen LogP contribution < -0.4 is 16.2 Å². The smallest absolute Gasteiger partial charge is 0.319 e. The molecule has 0 aliphatic rings. The van der Waals surface area contributed by atoms with Gasteiger partial charge in [-0.2, -0.15) is 0 Å². The van der Waals surface area contributed by atoms with Crippen LogP contribution in [0.2, 0.25) is 0 Å². The second-order valence-corrected chi connectivity index (χ2v) is 6.36. The van der Waals surface area contributed by atoms with Crippen LogP contribution in [0.25, 0.3) is 10.9 Å². The van der Waals surface area contributed by atoms with Crippen LogP contribution >= 0.6 is 0 Å². The molecule has 2 amide bonds. The van der Waals surface area contributed by atoms with Gasteiger partial charge in [-0.1, -0.05) is 6.07 Å². The predicted molar refractivity (Wildman–Crippen MR) is 92.3 cm³/mol. The first-order chi connectivity index (χ1) is 11.2. The number of carbonyl (C=O) groups is 2. The van der Waals surface area contributed by atoms with Crippen LogP contribution in [0.1, 0.15) is 26.7 Å². The Morgan fingerprint density at radius 2 is 1.88 bits per heavy atom. The van der Waals surface area contributed by atoms with E-state index >= 15 is 0 Å². The van der Waals surface area contributed by atoms with Crippen molar-refractivity contribution in [3.05, 3.63) is 40.7 Å². The quantitative estimate of drug-likeness (QED) is 0.782. The SMILES string of the molecule is Cn1c(=O)ccc2ccc(NC(=O)NC(C)(C)CCC(=O)O)cc21. The van der Waals surface area contributed by atoms with Crippen LogP contribution in [-0.2, 0) is 11.8 Å². The molecule has 0 saturated carbocycles. The Morgan fingerprint density at radius 1 is 1.21 bits per heavy atom. The molecule has 7 heteroatoms. The van der Waals surface area contributed by atoms with Crippen molar-refractivity contribution in [3.8, 4) is 0 Å². The molecule has 0 saturated heterocycles. The Kier molecular flexibility index (Phi) is 4.92. The summed E-state index contributed by atoms with van der Waals surface area (Å²) in [5, 5.41) is 15.1. The fourth-order valence-electron chi connectivity index (χ4n) is 2.40. The Hall–Kier alpha value is -2.83. The number of nitrogens with one attached hydrogen (secondary N) is 2. The van der Waals surface area contributed by atoms with Crippen LogP contribution in [-0.4, -0.2) is 27.2 Å². The average molecular weight is 331 g/mol. The molecule has 0 fully saturated rings. The number of pyridine rings is 1. The number of anilines is 1. The van der Waals surface area contributed by atoms with Gasteiger partial charge in [-0.15, -0.1) is 0 Å². The number of hydrogen-bond acceptors (Lipinski definition) is 3. The summed E-state index contributed by atoms with van der Waals surface area (Å²) in [6, 6.07) is 8.09. The van der Waals surface area contributed by atoms with Gasteiger partial charge in [-0.05, 0) is 43.9 Å². The lowest BCUT2D eigenvalue weighted by molar-refractivity contribution is -0.137. The van der Waals surface area contributed by atoms with Crippen molar-refractivity contribution in [1.29, 1.82) is 0 Å². The van der Waals surface area contributed by atoms with Gasteiger partial charge in [0.05, 0.1) is 5.52 Å². The van der Waals surface area contributed by atoms with E-state index < -0.39 is 17.5 Å². The number of carbonyl (C=O) groups excluding carboxylic acids is 1. The van der Waals surface area contributed by atoms with Crippen molar-refractivity contribution >= 4 is 28.6 Å². The van der Waals surface area contributed by atoms with Crippen LogP contribution in [0.4, 0.5) is 10.5 Å². The van der Waals surface area contributed by atoms with E-state index in [1.54, 1.807) is 39.1 Å². The van der Waals surface area contributed by atoms with Gasteiger partial charge in [-0.25, -0.2) is 4.79 Å². The van der Waals surface area contributed by atoms with Crippen molar-refractivity contribution in [2.24, 2.45) is 7.05 Å². The molecule has 1 aromatic carbocycles. The normalized spacial score (nSPS) is 11.3. The molecule has 0 radical (unpaired) electrons. The molecule has 0 atom stereocenters. The number of carboxylic acid groups (broad SMARTS) is 1. The molecule has 24 heavy (non-hydrogen) atoms. The second-order valence-electron chi connectivity index (χ2n) is 6.36. The Bertz CT molecular complexity index is 839. The highest BCUT2D eigenvalue weighted by molar-refractivity contribution is 5.92. The van der Waals surface area contributed by atoms with E-state index in [-0.39, 0.29) is 12.0 Å². The Labute approximate surface area is 139 Å². The fourth-order valence-corrected chi connectivity index (χ4v) is 2.40. The van der Waals surface area contributed by atoms with Gasteiger partial charge in [0, 0.05) is 30.8 Å². The summed E-state index contributed by atoms with van der Waals surface area (Å²) in [6.07, 6.45) is 0.299. The third kappa shape index (κ3) is 4.34. The minimum absolute atomic E-state index is 0.0225. The van der Waals surface area contributed by atoms with Crippen molar-refractivity contribution in [2.45, 2.75) is 32.2 Å². The molecule has 0 aliphatic heterocycles. The number of rotatable bonds is 5. The number of hydrogen-bond donors (Lipinski definition) is 3. The first-order valence-electron chi connectivity index (χ1n) is 7.59. The molecule has 0 spiro atoms. The number of carboxylic acids is 1. The summed E-state index contributed by atoms with van der Waals surface area (Å²) in [6.45, 7) is 3.53. The van der Waals surface area contributed by atoms with Gasteiger partial charge in [0.25, 0.3) is 5.56 Å². The molecule has 128 valence electrons. The lowest BCUT2D eigenvalue weighted by Gasteiger charge is -2.25. The van der Waals surface area contributed by atoms with Gasteiger partial charge in [-0.3, -0.25) is 9.59 Å². The maximum absolute atomic E-state index is 12.1. The molecule has 1 aromatic heterocycles. The van der Waals surface area contributed by atoms with Gasteiger partial charge in [0.2, 0.25) is 0 Å². The standard InChI is InChI=1S/C17H21N3O4/c1-17(2,9-8-15(22)23)19-16(24)18-12-6-4-11-5-7-14(21)20(3)13(11)10-12/h4-7,10H,8-9H2,1-3H3,(H,22,23)(H2,18,19,24). The van der Waals surface area contributed by atoms with E-state index in [4.69, 9.17) is 5.11 Å². The van der Waals surface area contributed by atoms with Gasteiger partial charge in [0.15, 0.2) is 0 Å². The largest absolute Gasteiger partial charge is 0.481 e. The van der Waals surface area contributed by atoms with Crippen molar-refractivity contribution in [2.75, 3.05) is 5.32 Å². The molecule has 0 aliphatic carbocycles. The number of urea groups is 1. The first kappa shape index (κ1) is 17.5. The Balaban J connectivity index is 2.11. The van der Waals surface area contributed by atoms with Crippen LogP contribution in [0.3, 0.4) is 0 Å². The minimum Gasteiger partial charge on any atom is -0.481 e. The molecule has 2 rings (SSSR count). The van der Waals surface area contributed by atoms with Gasteiger partial charge >= 0.3 is 12.0 Å². The van der Waals surface area contributed by atoms with Crippen LogP contribution in [0.15, 0.2) is 35.1 Å². The summed E-state index contributed by atoms with van der Waals surface area (Å²) in [4.78, 5) is 34.5. The molecule has 0 unspecified atom stereocenters. The van der Waals surface area contributed by atoms with E-state index in [2.05, 4.69) is 10.6 Å². The Morgan fingerprint density at radius 3 is 2.54 bits per heavy atom. The van der Waals surface area contributed by atoms with Crippen molar-refractivity contribution in [3.63, 3.8) is 0 Å². The average Bonchev–Trinajstić information content (AvgIpc) is 2.49. The topological polar surface area (TPSA) is 100 Å². The molecule has 0 bridgehead atoms. The van der Waals surface area contributed by atoms with E-state index in [9.17, 15) is 14.4 Å². The van der Waals surface area contributed by atoms with Gasteiger partial charge in [0.1, 0.15) is 0 Å². The number of aliphatic carboxylic acids is 1. The monoisotopic (exact) mass is 331 g/mol. The van der Waals surface area contributed by atoms with Gasteiger partial charge < -0.3 is 20.3 Å². The summed E-state index contributed by atoms with van der Waals surface area (Å²) in [7, 11) is 1.67. The van der Waals surface area contributed by atoms with E-state index in [0.29, 0.717) is 17.6 Å². The molecule has 1 heterocycles. The number of nitrogens with zero attached hydrogens (tertiary/aromatic N) is 1. The summed E-state index contributed by atoms with van der Waals surface area (Å²) in [5.74, 6) is -0.902. The maximum Gasteiger partial charge on any atom is 0.319 e. The number of aromatic nitrogens is 1. The highest BCUT2D eigenvalue weighted by Gasteiger charge is 2.21. The lowest BCUT2D eigenvalue weighted by atomic mass is 9.99. The number of amides is 2. The highest BCUT2D eigenvalue weighted by atomic mass is 16.4. The minimum atomic E-state index is -0.902. The fraction of sp³-hybridized carbons (Fsp3) is 0.353. The zero-order chi connectivity index (χ0) is 17.9. The van der Waals surface area contributed by atoms with E-state index in [0.717, 1.165) is 5.39 Å². The number of benzene rings is 1. The zero-order valence-electron chi connectivity index (χ0n) is 13.9. The maximum atomic E-state index is 12.1. The summed E-state index contributed by atoms with van der Waals surface area (Å²) >= 11 is 0. The van der Waals surface area contributed by atoms with Crippen molar-refractivity contribution in [1.82, 2.24) is 9.88 Å². The summed E-state index contributed by atoms with van der Waals surface area (Å²) < 4.78 is 1.51. The molecule has 2 aromatic rings. The third-order valence-corrected chi connectivity index (χ3v) is 3.80. The van der Waals surface area contributed by atoms with E-state index in [1.165, 1.54) is 10.6 Å².